The molecule has 1 N–H and O–H groups in total. The predicted molar refractivity (Wildman–Crippen MR) is 98.1 cm³/mol. The molecule has 1 atom stereocenters. The number of carbonyl (C=O) groups excluding carboxylic acids is 1. The van der Waals surface area contributed by atoms with Gasteiger partial charge in [0, 0.05) is 13.1 Å². The average molecular weight is 376 g/mol. The van der Waals surface area contributed by atoms with Crippen LogP contribution in [0.2, 0.25) is 0 Å². The number of amides is 1. The van der Waals surface area contributed by atoms with Gasteiger partial charge in [0.2, 0.25) is 5.91 Å². The third-order valence-electron chi connectivity index (χ3n) is 4.96. The van der Waals surface area contributed by atoms with E-state index in [4.69, 9.17) is 0 Å². The van der Waals surface area contributed by atoms with Crippen molar-refractivity contribution >= 4 is 5.91 Å². The van der Waals surface area contributed by atoms with Gasteiger partial charge in [-0.1, -0.05) is 60.7 Å². The van der Waals surface area contributed by atoms with E-state index in [0.29, 0.717) is 13.0 Å². The number of hydrogen-bond donors (Lipinski definition) is 1. The summed E-state index contributed by atoms with van der Waals surface area (Å²) in [6.45, 7) is 0.138. The van der Waals surface area contributed by atoms with Crippen molar-refractivity contribution in [2.24, 2.45) is 5.92 Å². The number of benzene rings is 2. The summed E-state index contributed by atoms with van der Waals surface area (Å²) >= 11 is 0. The number of halogens is 3. The molecular weight excluding hydrogens is 353 g/mol. The molecule has 27 heavy (non-hydrogen) atoms. The van der Waals surface area contributed by atoms with E-state index in [1.54, 1.807) is 0 Å². The molecule has 1 aliphatic rings. The fourth-order valence-electron chi connectivity index (χ4n) is 3.49. The molecule has 3 rings (SSSR count). The number of nitrogens with zero attached hydrogens (tertiary/aromatic N) is 1. The highest BCUT2D eigenvalue weighted by Crippen LogP contribution is 2.33. The first-order valence-corrected chi connectivity index (χ1v) is 9.13. The zero-order valence-electron chi connectivity index (χ0n) is 15.0. The topological polar surface area (TPSA) is 32.3 Å². The molecule has 2 aromatic rings. The summed E-state index contributed by atoms with van der Waals surface area (Å²) < 4.78 is 38.9. The van der Waals surface area contributed by atoms with Crippen LogP contribution in [0, 0.1) is 5.92 Å². The monoisotopic (exact) mass is 376 g/mol. The van der Waals surface area contributed by atoms with E-state index in [0.717, 1.165) is 11.1 Å². The molecular formula is C21H23F3N2O. The standard InChI is InChI=1S/C21H23F3N2O/c22-21(23,24)18-12-7-13-26(15-18)19(27)14-25-20(16-8-3-1-4-9-16)17-10-5-2-6-11-17/h1-6,8-11,18,20,25H,7,12-15H2. The highest BCUT2D eigenvalue weighted by atomic mass is 19.4. The van der Waals surface area contributed by atoms with Gasteiger partial charge in [-0.2, -0.15) is 13.2 Å². The smallest absolute Gasteiger partial charge is 0.341 e. The van der Waals surface area contributed by atoms with Crippen LogP contribution in [0.15, 0.2) is 60.7 Å². The number of alkyl halides is 3. The van der Waals surface area contributed by atoms with E-state index in [1.165, 1.54) is 4.90 Å². The average Bonchev–Trinajstić information content (AvgIpc) is 2.69. The Morgan fingerprint density at radius 1 is 1.04 bits per heavy atom. The number of carbonyl (C=O) groups is 1. The maximum atomic E-state index is 13.0. The predicted octanol–water partition coefficient (Wildman–Crippen LogP) is 4.17. The van der Waals surface area contributed by atoms with Crippen molar-refractivity contribution in [2.45, 2.75) is 25.1 Å². The summed E-state index contributed by atoms with van der Waals surface area (Å²) in [7, 11) is 0. The van der Waals surface area contributed by atoms with Crippen LogP contribution in [0.5, 0.6) is 0 Å². The molecule has 0 aromatic heterocycles. The van der Waals surface area contributed by atoms with Gasteiger partial charge in [-0.15, -0.1) is 0 Å². The number of piperidine rings is 1. The van der Waals surface area contributed by atoms with Crippen LogP contribution in [0.3, 0.4) is 0 Å². The summed E-state index contributed by atoms with van der Waals surface area (Å²) in [5.74, 6) is -1.71. The SMILES string of the molecule is O=C(CNC(c1ccccc1)c1ccccc1)N1CCCC(C(F)(F)F)C1. The zero-order valence-corrected chi connectivity index (χ0v) is 15.0. The third-order valence-corrected chi connectivity index (χ3v) is 4.96. The highest BCUT2D eigenvalue weighted by Gasteiger charge is 2.42. The summed E-state index contributed by atoms with van der Waals surface area (Å²) in [4.78, 5) is 13.9. The fraction of sp³-hybridized carbons (Fsp3) is 0.381. The minimum atomic E-state index is -4.25. The van der Waals surface area contributed by atoms with E-state index in [9.17, 15) is 18.0 Å². The third kappa shape index (κ3) is 5.10. The van der Waals surface area contributed by atoms with E-state index in [-0.39, 0.29) is 31.5 Å². The minimum absolute atomic E-state index is 0.000960. The number of nitrogens with one attached hydrogen (secondary N) is 1. The molecule has 1 amide bonds. The van der Waals surface area contributed by atoms with E-state index < -0.39 is 12.1 Å². The second-order valence-corrected chi connectivity index (χ2v) is 6.86. The van der Waals surface area contributed by atoms with Crippen LogP contribution in [-0.4, -0.2) is 36.6 Å². The van der Waals surface area contributed by atoms with Crippen molar-refractivity contribution in [3.8, 4) is 0 Å². The van der Waals surface area contributed by atoms with Gasteiger partial charge in [-0.25, -0.2) is 0 Å². The van der Waals surface area contributed by atoms with Crippen molar-refractivity contribution in [1.29, 1.82) is 0 Å². The van der Waals surface area contributed by atoms with Crippen LogP contribution in [0.25, 0.3) is 0 Å². The van der Waals surface area contributed by atoms with E-state index >= 15 is 0 Å². The lowest BCUT2D eigenvalue weighted by molar-refractivity contribution is -0.187. The summed E-state index contributed by atoms with van der Waals surface area (Å²) in [6, 6.07) is 19.2. The van der Waals surface area contributed by atoms with E-state index in [2.05, 4.69) is 5.32 Å². The Labute approximate surface area is 157 Å². The van der Waals surface area contributed by atoms with Crippen LogP contribution in [0.4, 0.5) is 13.2 Å². The Bertz CT molecular complexity index is 695. The van der Waals surface area contributed by atoms with Gasteiger partial charge >= 0.3 is 6.18 Å². The summed E-state index contributed by atoms with van der Waals surface area (Å²) in [5.41, 5.74) is 2.01. The van der Waals surface area contributed by atoms with Gasteiger partial charge in [0.25, 0.3) is 0 Å². The fourth-order valence-corrected chi connectivity index (χ4v) is 3.49. The maximum Gasteiger partial charge on any atom is 0.393 e. The molecule has 144 valence electrons. The highest BCUT2D eigenvalue weighted by molar-refractivity contribution is 5.78. The first-order chi connectivity index (χ1) is 12.9. The zero-order chi connectivity index (χ0) is 19.3. The maximum absolute atomic E-state index is 13.0. The molecule has 0 spiro atoms. The number of rotatable bonds is 5. The van der Waals surface area contributed by atoms with Crippen molar-refractivity contribution in [3.63, 3.8) is 0 Å². The second-order valence-electron chi connectivity index (χ2n) is 6.86. The van der Waals surface area contributed by atoms with Crippen molar-refractivity contribution < 1.29 is 18.0 Å². The summed E-state index contributed by atoms with van der Waals surface area (Å²) in [6.07, 6.45) is -3.77. The molecule has 0 aliphatic carbocycles. The molecule has 0 saturated carbocycles. The molecule has 2 aromatic carbocycles. The molecule has 0 bridgehead atoms. The second kappa shape index (κ2) is 8.57. The van der Waals surface area contributed by atoms with Crippen LogP contribution in [-0.2, 0) is 4.79 Å². The first kappa shape index (κ1) is 19.4. The van der Waals surface area contributed by atoms with Gasteiger partial charge in [0.1, 0.15) is 0 Å². The quantitative estimate of drug-likeness (QED) is 0.850. The van der Waals surface area contributed by atoms with Crippen molar-refractivity contribution in [1.82, 2.24) is 10.2 Å². The molecule has 1 fully saturated rings. The lowest BCUT2D eigenvalue weighted by Gasteiger charge is -2.34. The van der Waals surface area contributed by atoms with Crippen molar-refractivity contribution in [2.75, 3.05) is 19.6 Å². The normalized spacial score (nSPS) is 17.9. The molecule has 1 heterocycles. The largest absolute Gasteiger partial charge is 0.393 e. The Morgan fingerprint density at radius 3 is 2.11 bits per heavy atom. The Hall–Kier alpha value is -2.34. The number of hydrogen-bond acceptors (Lipinski definition) is 2. The Morgan fingerprint density at radius 2 is 1.59 bits per heavy atom. The van der Waals surface area contributed by atoms with Crippen LogP contribution < -0.4 is 5.32 Å². The molecule has 0 radical (unpaired) electrons. The Balaban J connectivity index is 1.68. The van der Waals surface area contributed by atoms with E-state index in [1.807, 2.05) is 60.7 Å². The van der Waals surface area contributed by atoms with Crippen LogP contribution in [0.1, 0.15) is 30.0 Å². The molecule has 1 saturated heterocycles. The Kier molecular flexibility index (Phi) is 6.16. The van der Waals surface area contributed by atoms with Gasteiger partial charge in [-0.3, -0.25) is 10.1 Å². The van der Waals surface area contributed by atoms with Crippen molar-refractivity contribution in [3.05, 3.63) is 71.8 Å². The number of likely N-dealkylation sites (tertiary alicyclic amines) is 1. The van der Waals surface area contributed by atoms with Gasteiger partial charge in [0.05, 0.1) is 18.5 Å². The van der Waals surface area contributed by atoms with Gasteiger partial charge in [0.15, 0.2) is 0 Å². The van der Waals surface area contributed by atoms with Gasteiger partial charge in [-0.05, 0) is 24.0 Å². The molecule has 1 unspecified atom stereocenters. The lowest BCUT2D eigenvalue weighted by Crippen LogP contribution is -2.47. The first-order valence-electron chi connectivity index (χ1n) is 9.13. The minimum Gasteiger partial charge on any atom is -0.341 e. The molecule has 6 heteroatoms. The van der Waals surface area contributed by atoms with Crippen LogP contribution >= 0.6 is 0 Å². The van der Waals surface area contributed by atoms with Gasteiger partial charge < -0.3 is 4.90 Å². The lowest BCUT2D eigenvalue weighted by atomic mass is 9.97. The molecule has 3 nitrogen and oxygen atoms in total. The summed E-state index contributed by atoms with van der Waals surface area (Å²) in [5, 5.41) is 3.23. The molecule has 1 aliphatic heterocycles.